The fourth-order valence-corrected chi connectivity index (χ4v) is 1.73. The van der Waals surface area contributed by atoms with Crippen molar-refractivity contribution >= 4 is 5.69 Å². The van der Waals surface area contributed by atoms with Crippen LogP contribution in [0.25, 0.3) is 0 Å². The van der Waals surface area contributed by atoms with Crippen LogP contribution >= 0.6 is 0 Å². The first kappa shape index (κ1) is 12.1. The molecule has 1 aliphatic carbocycles. The van der Waals surface area contributed by atoms with Crippen molar-refractivity contribution < 1.29 is 13.5 Å². The summed E-state index contributed by atoms with van der Waals surface area (Å²) in [6.07, 6.45) is 2.08. The van der Waals surface area contributed by atoms with Gasteiger partial charge < -0.3 is 15.8 Å². The second-order valence-electron chi connectivity index (χ2n) is 4.52. The molecule has 1 aromatic rings. The van der Waals surface area contributed by atoms with Gasteiger partial charge in [0.15, 0.2) is 11.6 Å². The molecule has 0 aromatic heterocycles. The highest BCUT2D eigenvalue weighted by atomic mass is 19.1. The molecule has 1 saturated carbocycles. The summed E-state index contributed by atoms with van der Waals surface area (Å²) in [7, 11) is 1.30. The molecule has 0 atom stereocenters. The van der Waals surface area contributed by atoms with E-state index in [2.05, 4.69) is 5.32 Å². The van der Waals surface area contributed by atoms with Crippen molar-refractivity contribution in [3.8, 4) is 5.75 Å². The zero-order chi connectivity index (χ0) is 12.5. The highest BCUT2D eigenvalue weighted by molar-refractivity contribution is 5.49. The molecule has 17 heavy (non-hydrogen) atoms. The van der Waals surface area contributed by atoms with Crippen molar-refractivity contribution in [2.75, 3.05) is 25.5 Å². The van der Waals surface area contributed by atoms with E-state index in [0.29, 0.717) is 13.1 Å². The molecule has 0 bridgehead atoms. The zero-order valence-electron chi connectivity index (χ0n) is 9.72. The van der Waals surface area contributed by atoms with Crippen LogP contribution in [0.4, 0.5) is 14.5 Å². The Morgan fingerprint density at radius 2 is 2.06 bits per heavy atom. The first-order valence-electron chi connectivity index (χ1n) is 5.57. The van der Waals surface area contributed by atoms with E-state index >= 15 is 0 Å². The highest BCUT2D eigenvalue weighted by Gasteiger charge is 2.40. The SMILES string of the molecule is COc1cc(F)c(NCC2(CN)CC2)cc1F. The number of halogens is 2. The van der Waals surface area contributed by atoms with Crippen molar-refractivity contribution in [1.82, 2.24) is 0 Å². The predicted octanol–water partition coefficient (Wildman–Crippen LogP) is 2.12. The molecule has 0 spiro atoms. The van der Waals surface area contributed by atoms with Gasteiger partial charge in [-0.25, -0.2) is 8.78 Å². The van der Waals surface area contributed by atoms with E-state index in [-0.39, 0.29) is 16.9 Å². The summed E-state index contributed by atoms with van der Waals surface area (Å²) in [4.78, 5) is 0. The normalized spacial score (nSPS) is 16.7. The summed E-state index contributed by atoms with van der Waals surface area (Å²) in [5, 5.41) is 2.91. The van der Waals surface area contributed by atoms with Gasteiger partial charge in [0.2, 0.25) is 0 Å². The number of benzene rings is 1. The molecule has 0 aliphatic heterocycles. The monoisotopic (exact) mass is 242 g/mol. The maximum atomic E-state index is 13.6. The van der Waals surface area contributed by atoms with Crippen LogP contribution < -0.4 is 15.8 Å². The number of nitrogens with two attached hydrogens (primary N) is 1. The maximum Gasteiger partial charge on any atom is 0.167 e. The Hall–Kier alpha value is -1.36. The van der Waals surface area contributed by atoms with Gasteiger partial charge in [-0.1, -0.05) is 0 Å². The zero-order valence-corrected chi connectivity index (χ0v) is 9.72. The molecule has 5 heteroatoms. The molecule has 0 amide bonds. The van der Waals surface area contributed by atoms with Crippen LogP contribution in [0.15, 0.2) is 12.1 Å². The van der Waals surface area contributed by atoms with Gasteiger partial charge >= 0.3 is 0 Å². The molecule has 0 saturated heterocycles. The lowest BCUT2D eigenvalue weighted by Crippen LogP contribution is -2.24. The van der Waals surface area contributed by atoms with Crippen LogP contribution in [-0.2, 0) is 0 Å². The number of rotatable bonds is 5. The molecule has 3 nitrogen and oxygen atoms in total. The van der Waals surface area contributed by atoms with Crippen LogP contribution in [0.1, 0.15) is 12.8 Å². The third kappa shape index (κ3) is 2.49. The van der Waals surface area contributed by atoms with Crippen LogP contribution in [0.2, 0.25) is 0 Å². The van der Waals surface area contributed by atoms with Gasteiger partial charge in [0.1, 0.15) is 5.82 Å². The summed E-state index contributed by atoms with van der Waals surface area (Å²) in [5.41, 5.74) is 5.85. The van der Waals surface area contributed by atoms with E-state index in [4.69, 9.17) is 10.5 Å². The predicted molar refractivity (Wildman–Crippen MR) is 62.1 cm³/mol. The molecule has 3 N–H and O–H groups in total. The maximum absolute atomic E-state index is 13.6. The number of hydrogen-bond acceptors (Lipinski definition) is 3. The minimum atomic E-state index is -0.575. The second kappa shape index (κ2) is 4.49. The topological polar surface area (TPSA) is 47.3 Å². The molecule has 1 aliphatic rings. The fourth-order valence-electron chi connectivity index (χ4n) is 1.73. The van der Waals surface area contributed by atoms with Gasteiger partial charge in [0, 0.05) is 18.7 Å². The Morgan fingerprint density at radius 1 is 1.35 bits per heavy atom. The third-order valence-electron chi connectivity index (χ3n) is 3.29. The van der Waals surface area contributed by atoms with Gasteiger partial charge in [-0.2, -0.15) is 0 Å². The fraction of sp³-hybridized carbons (Fsp3) is 0.500. The molecule has 1 aromatic carbocycles. The lowest BCUT2D eigenvalue weighted by molar-refractivity contribution is 0.383. The molecular weight excluding hydrogens is 226 g/mol. The van der Waals surface area contributed by atoms with Crippen LogP contribution in [0.5, 0.6) is 5.75 Å². The van der Waals surface area contributed by atoms with Gasteiger partial charge in [0.25, 0.3) is 0 Å². The van der Waals surface area contributed by atoms with Crippen molar-refractivity contribution in [1.29, 1.82) is 0 Å². The summed E-state index contributed by atoms with van der Waals surface area (Å²) in [6, 6.07) is 2.15. The largest absolute Gasteiger partial charge is 0.494 e. The quantitative estimate of drug-likeness (QED) is 0.831. The Balaban J connectivity index is 2.08. The number of methoxy groups -OCH3 is 1. The molecule has 0 unspecified atom stereocenters. The molecule has 1 fully saturated rings. The molecular formula is C12H16F2N2O. The van der Waals surface area contributed by atoms with E-state index < -0.39 is 11.6 Å². The molecule has 0 heterocycles. The van der Waals surface area contributed by atoms with Gasteiger partial charge in [-0.3, -0.25) is 0 Å². The number of nitrogens with one attached hydrogen (secondary N) is 1. The first-order valence-corrected chi connectivity index (χ1v) is 5.57. The van der Waals surface area contributed by atoms with Crippen LogP contribution in [0, 0.1) is 17.0 Å². The average molecular weight is 242 g/mol. The second-order valence-corrected chi connectivity index (χ2v) is 4.52. The van der Waals surface area contributed by atoms with Crippen LogP contribution in [0.3, 0.4) is 0 Å². The summed E-state index contributed by atoms with van der Waals surface area (Å²) >= 11 is 0. The van der Waals surface area contributed by atoms with Crippen molar-refractivity contribution in [2.45, 2.75) is 12.8 Å². The number of hydrogen-bond donors (Lipinski definition) is 2. The average Bonchev–Trinajstić information content (AvgIpc) is 3.10. The standard InChI is InChI=1S/C12H16F2N2O/c1-17-11-5-8(13)10(4-9(11)14)16-7-12(6-15)2-3-12/h4-5,16H,2-3,6-7,15H2,1H3. The van der Waals surface area contributed by atoms with E-state index in [1.54, 1.807) is 0 Å². The van der Waals surface area contributed by atoms with E-state index in [1.165, 1.54) is 7.11 Å². The summed E-state index contributed by atoms with van der Waals surface area (Å²) < 4.78 is 31.7. The number of ether oxygens (including phenoxy) is 1. The molecule has 0 radical (unpaired) electrons. The van der Waals surface area contributed by atoms with E-state index in [9.17, 15) is 8.78 Å². The smallest absolute Gasteiger partial charge is 0.167 e. The summed E-state index contributed by atoms with van der Waals surface area (Å²) in [6.45, 7) is 1.15. The van der Waals surface area contributed by atoms with Crippen molar-refractivity contribution in [2.24, 2.45) is 11.1 Å². The van der Waals surface area contributed by atoms with Crippen molar-refractivity contribution in [3.63, 3.8) is 0 Å². The highest BCUT2D eigenvalue weighted by Crippen LogP contribution is 2.44. The van der Waals surface area contributed by atoms with E-state index in [0.717, 1.165) is 25.0 Å². The minimum Gasteiger partial charge on any atom is -0.494 e. The van der Waals surface area contributed by atoms with Gasteiger partial charge in [-0.15, -0.1) is 0 Å². The lowest BCUT2D eigenvalue weighted by Gasteiger charge is -2.15. The number of anilines is 1. The van der Waals surface area contributed by atoms with Gasteiger partial charge in [-0.05, 0) is 24.8 Å². The Bertz CT molecular complexity index is 419. The van der Waals surface area contributed by atoms with Crippen LogP contribution in [-0.4, -0.2) is 20.2 Å². The Morgan fingerprint density at radius 3 is 2.59 bits per heavy atom. The van der Waals surface area contributed by atoms with Crippen molar-refractivity contribution in [3.05, 3.63) is 23.8 Å². The Labute approximate surface area is 98.9 Å². The molecule has 94 valence electrons. The minimum absolute atomic E-state index is 0.0723. The van der Waals surface area contributed by atoms with E-state index in [1.807, 2.05) is 0 Å². The molecule has 2 rings (SSSR count). The van der Waals surface area contributed by atoms with Gasteiger partial charge in [0.05, 0.1) is 12.8 Å². The first-order chi connectivity index (χ1) is 8.10. The lowest BCUT2D eigenvalue weighted by atomic mass is 10.1. The summed E-state index contributed by atoms with van der Waals surface area (Å²) in [5.74, 6) is -1.18. The third-order valence-corrected chi connectivity index (χ3v) is 3.29. The Kier molecular flexibility index (Phi) is 3.19.